The highest BCUT2D eigenvalue weighted by Crippen LogP contribution is 2.37. The second kappa shape index (κ2) is 7.62. The number of likely N-dealkylation sites (tertiary alicyclic amines) is 1. The first-order valence-corrected chi connectivity index (χ1v) is 10.7. The van der Waals surface area contributed by atoms with E-state index in [1.165, 1.54) is 0 Å². The Morgan fingerprint density at radius 1 is 1.07 bits per heavy atom. The molecular formula is C23H36BNO4. The van der Waals surface area contributed by atoms with Gasteiger partial charge in [-0.1, -0.05) is 31.2 Å². The number of ether oxygens (including phenoxy) is 1. The molecule has 2 fully saturated rings. The minimum Gasteiger partial charge on any atom is -0.444 e. The third-order valence-corrected chi connectivity index (χ3v) is 6.29. The zero-order valence-electron chi connectivity index (χ0n) is 19.2. The van der Waals surface area contributed by atoms with E-state index in [1.807, 2.05) is 25.7 Å². The van der Waals surface area contributed by atoms with Gasteiger partial charge in [-0.25, -0.2) is 4.79 Å². The van der Waals surface area contributed by atoms with Crippen LogP contribution in [0.25, 0.3) is 0 Å². The lowest BCUT2D eigenvalue weighted by molar-refractivity contribution is 0.00363. The van der Waals surface area contributed by atoms with Gasteiger partial charge in [0.2, 0.25) is 0 Å². The second-order valence-electron chi connectivity index (χ2n) is 10.6. The van der Waals surface area contributed by atoms with E-state index in [2.05, 4.69) is 58.9 Å². The maximum Gasteiger partial charge on any atom is 0.494 e. The first-order valence-electron chi connectivity index (χ1n) is 10.7. The molecule has 0 saturated carbocycles. The Morgan fingerprint density at radius 2 is 1.62 bits per heavy atom. The van der Waals surface area contributed by atoms with Crippen molar-refractivity contribution >= 4 is 18.7 Å². The monoisotopic (exact) mass is 401 g/mol. The van der Waals surface area contributed by atoms with E-state index in [9.17, 15) is 4.79 Å². The maximum absolute atomic E-state index is 12.8. The Labute approximate surface area is 176 Å². The zero-order valence-corrected chi connectivity index (χ0v) is 19.2. The minimum absolute atomic E-state index is 0.0356. The van der Waals surface area contributed by atoms with Crippen molar-refractivity contribution in [2.75, 3.05) is 6.54 Å². The fourth-order valence-electron chi connectivity index (χ4n) is 3.88. The normalized spacial score (nSPS) is 26.5. The highest BCUT2D eigenvalue weighted by atomic mass is 16.7. The maximum atomic E-state index is 12.8. The lowest BCUT2D eigenvalue weighted by atomic mass is 9.78. The Hall–Kier alpha value is -1.53. The van der Waals surface area contributed by atoms with Crippen LogP contribution in [0.3, 0.4) is 0 Å². The highest BCUT2D eigenvalue weighted by molar-refractivity contribution is 6.62. The highest BCUT2D eigenvalue weighted by Gasteiger charge is 2.51. The van der Waals surface area contributed by atoms with E-state index in [-0.39, 0.29) is 30.5 Å². The molecule has 2 aliphatic heterocycles. The molecule has 2 heterocycles. The van der Waals surface area contributed by atoms with Crippen molar-refractivity contribution in [2.24, 2.45) is 5.92 Å². The lowest BCUT2D eigenvalue weighted by Crippen LogP contribution is -2.44. The smallest absolute Gasteiger partial charge is 0.444 e. The molecule has 2 saturated heterocycles. The average molecular weight is 401 g/mol. The van der Waals surface area contributed by atoms with E-state index >= 15 is 0 Å². The third-order valence-electron chi connectivity index (χ3n) is 6.29. The molecule has 1 aromatic carbocycles. The second-order valence-corrected chi connectivity index (χ2v) is 10.6. The summed E-state index contributed by atoms with van der Waals surface area (Å²) in [5.74, 6) is 0.475. The molecule has 160 valence electrons. The molecule has 0 aromatic heterocycles. The summed E-state index contributed by atoms with van der Waals surface area (Å²) in [5, 5.41) is 0. The quantitative estimate of drug-likeness (QED) is 0.675. The van der Waals surface area contributed by atoms with Crippen LogP contribution in [0.2, 0.25) is 0 Å². The number of amides is 1. The van der Waals surface area contributed by atoms with Crippen molar-refractivity contribution in [3.63, 3.8) is 0 Å². The summed E-state index contributed by atoms with van der Waals surface area (Å²) in [6.07, 6.45) is 1.81. The molecule has 2 atom stereocenters. The van der Waals surface area contributed by atoms with E-state index < -0.39 is 5.60 Å². The number of rotatable bonds is 2. The molecule has 0 bridgehead atoms. The predicted octanol–water partition coefficient (Wildman–Crippen LogP) is 4.69. The average Bonchev–Trinajstić information content (AvgIpc) is 2.81. The molecular weight excluding hydrogens is 365 g/mol. The van der Waals surface area contributed by atoms with Gasteiger partial charge in [-0.3, -0.25) is 0 Å². The topological polar surface area (TPSA) is 48.0 Å². The van der Waals surface area contributed by atoms with Gasteiger partial charge in [0.25, 0.3) is 0 Å². The van der Waals surface area contributed by atoms with Gasteiger partial charge >= 0.3 is 13.2 Å². The van der Waals surface area contributed by atoms with Crippen molar-refractivity contribution in [1.29, 1.82) is 0 Å². The molecule has 1 amide bonds. The molecule has 0 unspecified atom stereocenters. The fourth-order valence-corrected chi connectivity index (χ4v) is 3.88. The summed E-state index contributed by atoms with van der Waals surface area (Å²) in [5.41, 5.74) is 0.916. The summed E-state index contributed by atoms with van der Waals surface area (Å²) in [6.45, 7) is 16.9. The largest absolute Gasteiger partial charge is 0.494 e. The Balaban J connectivity index is 1.78. The molecule has 6 heteroatoms. The van der Waals surface area contributed by atoms with E-state index in [1.54, 1.807) is 0 Å². The molecule has 29 heavy (non-hydrogen) atoms. The van der Waals surface area contributed by atoms with Crippen molar-refractivity contribution in [3.8, 4) is 0 Å². The first-order chi connectivity index (χ1) is 13.3. The van der Waals surface area contributed by atoms with Crippen molar-refractivity contribution in [3.05, 3.63) is 29.8 Å². The molecule has 0 aliphatic carbocycles. The van der Waals surface area contributed by atoms with Crippen LogP contribution >= 0.6 is 0 Å². The number of hydrogen-bond acceptors (Lipinski definition) is 4. The molecule has 3 rings (SSSR count). The summed E-state index contributed by atoms with van der Waals surface area (Å²) in [6, 6.07) is 8.34. The van der Waals surface area contributed by atoms with Gasteiger partial charge in [0, 0.05) is 6.54 Å². The van der Waals surface area contributed by atoms with Crippen molar-refractivity contribution in [2.45, 2.75) is 91.1 Å². The summed E-state index contributed by atoms with van der Waals surface area (Å²) in [4.78, 5) is 14.7. The van der Waals surface area contributed by atoms with Crippen LogP contribution in [-0.2, 0) is 14.0 Å². The van der Waals surface area contributed by atoms with Crippen LogP contribution in [-0.4, -0.2) is 41.5 Å². The predicted molar refractivity (Wildman–Crippen MR) is 116 cm³/mol. The van der Waals surface area contributed by atoms with Gasteiger partial charge in [0.05, 0.1) is 17.2 Å². The number of carbonyl (C=O) groups is 1. The Bertz CT molecular complexity index is 722. The van der Waals surface area contributed by atoms with E-state index in [0.29, 0.717) is 5.92 Å². The fraction of sp³-hybridized carbons (Fsp3) is 0.696. The number of hydrogen-bond donors (Lipinski definition) is 0. The summed E-state index contributed by atoms with van der Waals surface area (Å²) >= 11 is 0. The lowest BCUT2D eigenvalue weighted by Gasteiger charge is -2.39. The van der Waals surface area contributed by atoms with Gasteiger partial charge in [-0.05, 0) is 78.3 Å². The SMILES string of the molecule is C[C@H]1CC[C@H](c2ccc(B3OC(C)(C)C(C)(C)O3)cc2)N(C(=O)OC(C)(C)C)C1. The molecule has 5 nitrogen and oxygen atoms in total. The Kier molecular flexibility index (Phi) is 5.83. The molecule has 1 aromatic rings. The summed E-state index contributed by atoms with van der Waals surface area (Å²) < 4.78 is 18.0. The van der Waals surface area contributed by atoms with Crippen molar-refractivity contribution in [1.82, 2.24) is 4.90 Å². The standard InChI is InChI=1S/C23H36BNO4/c1-16-9-14-19(25(15-16)20(26)27-21(2,3)4)17-10-12-18(13-11-17)24-28-22(5,6)23(7,8)29-24/h10-13,16,19H,9,14-15H2,1-8H3/t16-,19+/m0/s1. The van der Waals surface area contributed by atoms with Gasteiger partial charge in [-0.15, -0.1) is 0 Å². The van der Waals surface area contributed by atoms with Crippen LogP contribution in [0.5, 0.6) is 0 Å². The van der Waals surface area contributed by atoms with E-state index in [4.69, 9.17) is 14.0 Å². The van der Waals surface area contributed by atoms with Gasteiger partial charge in [-0.2, -0.15) is 0 Å². The number of carbonyl (C=O) groups excluding carboxylic acids is 1. The Morgan fingerprint density at radius 3 is 2.14 bits per heavy atom. The van der Waals surface area contributed by atoms with Gasteiger partial charge in [0.1, 0.15) is 5.60 Å². The van der Waals surface area contributed by atoms with Crippen LogP contribution < -0.4 is 5.46 Å². The van der Waals surface area contributed by atoms with Crippen LogP contribution in [0.4, 0.5) is 4.79 Å². The molecule has 0 radical (unpaired) electrons. The van der Waals surface area contributed by atoms with Gasteiger partial charge in [0.15, 0.2) is 0 Å². The number of piperidine rings is 1. The number of nitrogens with zero attached hydrogens (tertiary/aromatic N) is 1. The number of benzene rings is 1. The third kappa shape index (κ3) is 4.80. The van der Waals surface area contributed by atoms with Crippen LogP contribution in [0, 0.1) is 5.92 Å². The zero-order chi connectivity index (χ0) is 21.6. The molecule has 0 spiro atoms. The minimum atomic E-state index is -0.497. The van der Waals surface area contributed by atoms with E-state index in [0.717, 1.165) is 30.4 Å². The van der Waals surface area contributed by atoms with Crippen LogP contribution in [0.15, 0.2) is 24.3 Å². The summed E-state index contributed by atoms with van der Waals surface area (Å²) in [7, 11) is -0.373. The van der Waals surface area contributed by atoms with Crippen molar-refractivity contribution < 1.29 is 18.8 Å². The molecule has 0 N–H and O–H groups in total. The van der Waals surface area contributed by atoms with Crippen LogP contribution in [0.1, 0.15) is 79.8 Å². The first kappa shape index (κ1) is 22.2. The van der Waals surface area contributed by atoms with Gasteiger partial charge < -0.3 is 18.9 Å². The molecule has 2 aliphatic rings.